The van der Waals surface area contributed by atoms with Gasteiger partial charge in [-0.05, 0) is 42.7 Å². The van der Waals surface area contributed by atoms with E-state index in [1.807, 2.05) is 0 Å². The standard InChI is InChI=1S/C13H18O/c1-2-10-3-5-11(6-4-10)12-7-8-13(14)9-12/h3-6,12-14H,2,7-9H2,1H3. The topological polar surface area (TPSA) is 20.2 Å². The predicted octanol–water partition coefficient (Wildman–Crippen LogP) is 2.88. The highest BCUT2D eigenvalue weighted by molar-refractivity contribution is 5.26. The number of rotatable bonds is 2. The third kappa shape index (κ3) is 1.98. The van der Waals surface area contributed by atoms with Crippen molar-refractivity contribution in [3.8, 4) is 0 Å². The fourth-order valence-electron chi connectivity index (χ4n) is 2.29. The van der Waals surface area contributed by atoms with Gasteiger partial charge in [-0.2, -0.15) is 0 Å². The molecule has 1 aliphatic carbocycles. The number of aryl methyl sites for hydroxylation is 1. The molecule has 0 radical (unpaired) electrons. The van der Waals surface area contributed by atoms with E-state index in [1.54, 1.807) is 0 Å². The van der Waals surface area contributed by atoms with Gasteiger partial charge in [-0.25, -0.2) is 0 Å². The van der Waals surface area contributed by atoms with Crippen molar-refractivity contribution in [3.63, 3.8) is 0 Å². The second-order valence-electron chi connectivity index (χ2n) is 4.26. The van der Waals surface area contributed by atoms with Crippen molar-refractivity contribution in [2.24, 2.45) is 0 Å². The predicted molar refractivity (Wildman–Crippen MR) is 58.4 cm³/mol. The van der Waals surface area contributed by atoms with Crippen LogP contribution in [0.5, 0.6) is 0 Å². The first kappa shape index (κ1) is 9.72. The normalized spacial score (nSPS) is 26.7. The zero-order valence-electron chi connectivity index (χ0n) is 8.74. The van der Waals surface area contributed by atoms with Gasteiger partial charge < -0.3 is 5.11 Å². The van der Waals surface area contributed by atoms with Crippen LogP contribution in [0.1, 0.15) is 43.2 Å². The molecule has 1 aromatic rings. The maximum Gasteiger partial charge on any atom is 0.0546 e. The van der Waals surface area contributed by atoms with Gasteiger partial charge in [0, 0.05) is 0 Å². The Hall–Kier alpha value is -0.820. The zero-order valence-corrected chi connectivity index (χ0v) is 8.74. The monoisotopic (exact) mass is 190 g/mol. The Balaban J connectivity index is 2.09. The number of aliphatic hydroxyl groups excluding tert-OH is 1. The molecule has 2 rings (SSSR count). The molecule has 1 aliphatic rings. The largest absolute Gasteiger partial charge is 0.393 e. The molecular weight excluding hydrogens is 172 g/mol. The number of benzene rings is 1. The minimum Gasteiger partial charge on any atom is -0.393 e. The molecule has 1 heteroatoms. The number of hydrogen-bond donors (Lipinski definition) is 1. The molecule has 14 heavy (non-hydrogen) atoms. The molecule has 0 bridgehead atoms. The Morgan fingerprint density at radius 2 is 1.93 bits per heavy atom. The Bertz CT molecular complexity index is 289. The SMILES string of the molecule is CCc1ccc(C2CCC(O)C2)cc1. The quantitative estimate of drug-likeness (QED) is 0.760. The second kappa shape index (κ2) is 4.14. The van der Waals surface area contributed by atoms with Gasteiger partial charge in [-0.3, -0.25) is 0 Å². The van der Waals surface area contributed by atoms with Crippen LogP contribution >= 0.6 is 0 Å². The third-order valence-corrected chi connectivity index (χ3v) is 3.26. The van der Waals surface area contributed by atoms with Crippen molar-refractivity contribution >= 4 is 0 Å². The summed E-state index contributed by atoms with van der Waals surface area (Å²) in [5.74, 6) is 0.593. The number of hydrogen-bond acceptors (Lipinski definition) is 1. The van der Waals surface area contributed by atoms with Crippen molar-refractivity contribution in [1.82, 2.24) is 0 Å². The van der Waals surface area contributed by atoms with Crippen LogP contribution in [0, 0.1) is 0 Å². The van der Waals surface area contributed by atoms with Crippen LogP contribution < -0.4 is 0 Å². The van der Waals surface area contributed by atoms with Crippen LogP contribution in [0.3, 0.4) is 0 Å². The van der Waals surface area contributed by atoms with Crippen LogP contribution in [-0.2, 0) is 6.42 Å². The summed E-state index contributed by atoms with van der Waals surface area (Å²) >= 11 is 0. The lowest BCUT2D eigenvalue weighted by molar-refractivity contribution is 0.181. The van der Waals surface area contributed by atoms with Gasteiger partial charge in [0.15, 0.2) is 0 Å². The lowest BCUT2D eigenvalue weighted by atomic mass is 9.96. The molecule has 2 unspecified atom stereocenters. The maximum absolute atomic E-state index is 9.46. The Morgan fingerprint density at radius 3 is 2.43 bits per heavy atom. The molecule has 0 amide bonds. The molecule has 1 fully saturated rings. The summed E-state index contributed by atoms with van der Waals surface area (Å²) in [6.07, 6.45) is 4.11. The van der Waals surface area contributed by atoms with Crippen molar-refractivity contribution in [3.05, 3.63) is 35.4 Å². The summed E-state index contributed by atoms with van der Waals surface area (Å²) < 4.78 is 0. The van der Waals surface area contributed by atoms with E-state index >= 15 is 0 Å². The van der Waals surface area contributed by atoms with E-state index in [-0.39, 0.29) is 6.10 Å². The summed E-state index contributed by atoms with van der Waals surface area (Å²) in [7, 11) is 0. The van der Waals surface area contributed by atoms with Gasteiger partial charge in [-0.1, -0.05) is 31.2 Å². The van der Waals surface area contributed by atoms with Crippen molar-refractivity contribution in [2.45, 2.75) is 44.6 Å². The molecule has 0 heterocycles. The highest BCUT2D eigenvalue weighted by atomic mass is 16.3. The van der Waals surface area contributed by atoms with E-state index in [1.165, 1.54) is 11.1 Å². The Kier molecular flexibility index (Phi) is 2.87. The Morgan fingerprint density at radius 1 is 1.21 bits per heavy atom. The van der Waals surface area contributed by atoms with Crippen LogP contribution in [0.15, 0.2) is 24.3 Å². The van der Waals surface area contributed by atoms with Crippen molar-refractivity contribution in [2.75, 3.05) is 0 Å². The molecule has 1 saturated carbocycles. The fourth-order valence-corrected chi connectivity index (χ4v) is 2.29. The molecule has 0 aliphatic heterocycles. The summed E-state index contributed by atoms with van der Waals surface area (Å²) in [6, 6.07) is 8.86. The Labute approximate surface area is 85.8 Å². The van der Waals surface area contributed by atoms with Crippen LogP contribution in [0.2, 0.25) is 0 Å². The minimum atomic E-state index is -0.0640. The van der Waals surface area contributed by atoms with E-state index in [4.69, 9.17) is 0 Å². The van der Waals surface area contributed by atoms with Crippen molar-refractivity contribution < 1.29 is 5.11 Å². The summed E-state index contributed by atoms with van der Waals surface area (Å²) in [6.45, 7) is 2.17. The molecule has 0 spiro atoms. The molecular formula is C13H18O. The molecule has 2 atom stereocenters. The van der Waals surface area contributed by atoms with Gasteiger partial charge in [0.1, 0.15) is 0 Å². The second-order valence-corrected chi connectivity index (χ2v) is 4.26. The summed E-state index contributed by atoms with van der Waals surface area (Å²) in [5.41, 5.74) is 2.80. The lowest BCUT2D eigenvalue weighted by Crippen LogP contribution is -1.99. The highest BCUT2D eigenvalue weighted by Gasteiger charge is 2.23. The summed E-state index contributed by atoms with van der Waals surface area (Å²) in [5, 5.41) is 9.46. The van der Waals surface area contributed by atoms with E-state index in [0.29, 0.717) is 5.92 Å². The number of aliphatic hydroxyl groups is 1. The lowest BCUT2D eigenvalue weighted by Gasteiger charge is -2.09. The molecule has 0 saturated heterocycles. The van der Waals surface area contributed by atoms with E-state index in [9.17, 15) is 5.11 Å². The highest BCUT2D eigenvalue weighted by Crippen LogP contribution is 2.34. The molecule has 1 nitrogen and oxygen atoms in total. The van der Waals surface area contributed by atoms with Gasteiger partial charge in [0.05, 0.1) is 6.10 Å². The van der Waals surface area contributed by atoms with Gasteiger partial charge >= 0.3 is 0 Å². The van der Waals surface area contributed by atoms with Gasteiger partial charge in [0.25, 0.3) is 0 Å². The van der Waals surface area contributed by atoms with Crippen LogP contribution in [0.25, 0.3) is 0 Å². The average molecular weight is 190 g/mol. The average Bonchev–Trinajstić information content (AvgIpc) is 2.65. The molecule has 76 valence electrons. The fraction of sp³-hybridized carbons (Fsp3) is 0.538. The van der Waals surface area contributed by atoms with E-state index in [2.05, 4.69) is 31.2 Å². The molecule has 1 N–H and O–H groups in total. The minimum absolute atomic E-state index is 0.0640. The maximum atomic E-state index is 9.46. The first-order valence-electron chi connectivity index (χ1n) is 5.56. The smallest absolute Gasteiger partial charge is 0.0546 e. The third-order valence-electron chi connectivity index (χ3n) is 3.26. The van der Waals surface area contributed by atoms with Gasteiger partial charge in [0.2, 0.25) is 0 Å². The summed E-state index contributed by atoms with van der Waals surface area (Å²) in [4.78, 5) is 0. The van der Waals surface area contributed by atoms with Crippen molar-refractivity contribution in [1.29, 1.82) is 0 Å². The first-order valence-corrected chi connectivity index (χ1v) is 5.56. The zero-order chi connectivity index (χ0) is 9.97. The molecule has 0 aromatic heterocycles. The molecule has 1 aromatic carbocycles. The van der Waals surface area contributed by atoms with Gasteiger partial charge in [-0.15, -0.1) is 0 Å². The van der Waals surface area contributed by atoms with Crippen LogP contribution in [0.4, 0.5) is 0 Å². The van der Waals surface area contributed by atoms with Crippen LogP contribution in [-0.4, -0.2) is 11.2 Å². The first-order chi connectivity index (χ1) is 6.79. The van der Waals surface area contributed by atoms with E-state index < -0.39 is 0 Å². The van der Waals surface area contributed by atoms with E-state index in [0.717, 1.165) is 25.7 Å².